The Morgan fingerprint density at radius 1 is 1.39 bits per heavy atom. The van der Waals surface area contributed by atoms with Crippen LogP contribution in [0, 0.1) is 0 Å². The second-order valence-electron chi connectivity index (χ2n) is 4.62. The third kappa shape index (κ3) is 4.64. The van der Waals surface area contributed by atoms with Crippen molar-refractivity contribution in [2.24, 2.45) is 0 Å². The quantitative estimate of drug-likeness (QED) is 0.738. The lowest BCUT2D eigenvalue weighted by atomic mass is 10.1. The van der Waals surface area contributed by atoms with E-state index >= 15 is 0 Å². The molecule has 4 heteroatoms. The van der Waals surface area contributed by atoms with Gasteiger partial charge < -0.3 is 19.9 Å². The zero-order valence-electron chi connectivity index (χ0n) is 11.4. The number of aliphatic hydroxyl groups is 1. The summed E-state index contributed by atoms with van der Waals surface area (Å²) < 4.78 is 10.8. The van der Waals surface area contributed by atoms with Gasteiger partial charge in [-0.3, -0.25) is 0 Å². The lowest BCUT2D eigenvalue weighted by Crippen LogP contribution is -2.50. The fourth-order valence-corrected chi connectivity index (χ4v) is 1.71. The summed E-state index contributed by atoms with van der Waals surface area (Å²) in [6.45, 7) is 5.78. The van der Waals surface area contributed by atoms with Crippen LogP contribution in [0.3, 0.4) is 0 Å². The smallest absolute Gasteiger partial charge is 0.119 e. The molecule has 0 saturated carbocycles. The molecule has 2 N–H and O–H groups in total. The number of aliphatic hydroxyl groups excluding tert-OH is 1. The van der Waals surface area contributed by atoms with Crippen LogP contribution < -0.4 is 10.1 Å². The number of ether oxygens (including phenoxy) is 2. The first-order chi connectivity index (χ1) is 8.63. The molecule has 0 radical (unpaired) electrons. The molecule has 0 bridgehead atoms. The van der Waals surface area contributed by atoms with E-state index in [0.29, 0.717) is 13.2 Å². The molecule has 0 spiro atoms. The van der Waals surface area contributed by atoms with Crippen molar-refractivity contribution in [2.45, 2.75) is 26.0 Å². The predicted octanol–water partition coefficient (Wildman–Crippen LogP) is 1.57. The van der Waals surface area contributed by atoms with Crippen molar-refractivity contribution < 1.29 is 14.6 Å². The van der Waals surface area contributed by atoms with Crippen LogP contribution in [-0.2, 0) is 11.3 Å². The Labute approximate surface area is 109 Å². The van der Waals surface area contributed by atoms with Gasteiger partial charge in [-0.15, -0.1) is 0 Å². The number of methoxy groups -OCH3 is 1. The molecule has 0 fully saturated rings. The Kier molecular flexibility index (Phi) is 6.12. The first-order valence-electron chi connectivity index (χ1n) is 6.20. The highest BCUT2D eigenvalue weighted by Crippen LogP contribution is 2.16. The maximum atomic E-state index is 9.37. The average Bonchev–Trinajstić information content (AvgIpc) is 2.38. The lowest BCUT2D eigenvalue weighted by Gasteiger charge is -2.28. The van der Waals surface area contributed by atoms with E-state index in [0.717, 1.165) is 17.9 Å². The van der Waals surface area contributed by atoms with Gasteiger partial charge >= 0.3 is 0 Å². The fourth-order valence-electron chi connectivity index (χ4n) is 1.71. The van der Waals surface area contributed by atoms with Gasteiger partial charge in [0.2, 0.25) is 0 Å². The molecule has 4 nitrogen and oxygen atoms in total. The Balaban J connectivity index is 2.59. The molecule has 18 heavy (non-hydrogen) atoms. The van der Waals surface area contributed by atoms with Crippen molar-refractivity contribution in [1.82, 2.24) is 5.32 Å². The molecular weight excluding hydrogens is 230 g/mol. The van der Waals surface area contributed by atoms with Gasteiger partial charge in [-0.2, -0.15) is 0 Å². The van der Waals surface area contributed by atoms with Gasteiger partial charge in [-0.25, -0.2) is 0 Å². The average molecular weight is 253 g/mol. The molecule has 0 aromatic heterocycles. The largest absolute Gasteiger partial charge is 0.492 e. The molecule has 1 aromatic rings. The van der Waals surface area contributed by atoms with Gasteiger partial charge in [0.15, 0.2) is 0 Å². The van der Waals surface area contributed by atoms with E-state index in [4.69, 9.17) is 9.47 Å². The highest BCUT2D eigenvalue weighted by atomic mass is 16.5. The van der Waals surface area contributed by atoms with Crippen molar-refractivity contribution in [1.29, 1.82) is 0 Å². The number of nitrogens with one attached hydrogen (secondary N) is 1. The van der Waals surface area contributed by atoms with E-state index in [1.165, 1.54) is 0 Å². The predicted molar refractivity (Wildman–Crippen MR) is 71.8 cm³/mol. The molecular formula is C14H23NO3. The Morgan fingerprint density at radius 2 is 2.17 bits per heavy atom. The maximum absolute atomic E-state index is 9.37. The van der Waals surface area contributed by atoms with E-state index in [-0.39, 0.29) is 6.61 Å². The standard InChI is InChI=1S/C14H23NO3/c1-4-15-14(2,10-16)11-18-13-7-5-6-12(8-13)9-17-3/h5-8,15-16H,4,9-11H2,1-3H3. The van der Waals surface area contributed by atoms with Gasteiger partial charge in [0, 0.05) is 7.11 Å². The minimum absolute atomic E-state index is 0.0403. The van der Waals surface area contributed by atoms with Crippen LogP contribution in [0.15, 0.2) is 24.3 Å². The third-order valence-electron chi connectivity index (χ3n) is 2.72. The highest BCUT2D eigenvalue weighted by molar-refractivity contribution is 5.28. The Morgan fingerprint density at radius 3 is 2.78 bits per heavy atom. The van der Waals surface area contributed by atoms with Crippen LogP contribution in [0.25, 0.3) is 0 Å². The first kappa shape index (κ1) is 15.0. The zero-order valence-corrected chi connectivity index (χ0v) is 11.4. The lowest BCUT2D eigenvalue weighted by molar-refractivity contribution is 0.117. The van der Waals surface area contributed by atoms with E-state index in [1.54, 1.807) is 7.11 Å². The minimum atomic E-state index is -0.411. The van der Waals surface area contributed by atoms with Crippen LogP contribution in [0.5, 0.6) is 5.75 Å². The van der Waals surface area contributed by atoms with E-state index in [9.17, 15) is 5.11 Å². The van der Waals surface area contributed by atoms with Crippen molar-refractivity contribution in [3.8, 4) is 5.75 Å². The van der Waals surface area contributed by atoms with E-state index in [1.807, 2.05) is 38.1 Å². The minimum Gasteiger partial charge on any atom is -0.492 e. The van der Waals surface area contributed by atoms with Crippen LogP contribution in [0.1, 0.15) is 19.4 Å². The Hall–Kier alpha value is -1.10. The van der Waals surface area contributed by atoms with Gasteiger partial charge in [0.05, 0.1) is 18.8 Å². The summed E-state index contributed by atoms with van der Waals surface area (Å²) in [7, 11) is 1.67. The summed E-state index contributed by atoms with van der Waals surface area (Å²) in [5.41, 5.74) is 0.663. The molecule has 0 aliphatic carbocycles. The molecule has 1 atom stereocenters. The first-order valence-corrected chi connectivity index (χ1v) is 6.20. The summed E-state index contributed by atoms with van der Waals surface area (Å²) in [6.07, 6.45) is 0. The number of rotatable bonds is 8. The van der Waals surface area contributed by atoms with Gasteiger partial charge in [0.25, 0.3) is 0 Å². The summed E-state index contributed by atoms with van der Waals surface area (Å²) in [6, 6.07) is 7.79. The van der Waals surface area contributed by atoms with Gasteiger partial charge in [0.1, 0.15) is 12.4 Å². The molecule has 1 unspecified atom stereocenters. The van der Waals surface area contributed by atoms with Crippen molar-refractivity contribution >= 4 is 0 Å². The molecule has 0 saturated heterocycles. The number of hydrogen-bond donors (Lipinski definition) is 2. The van der Waals surface area contributed by atoms with E-state index < -0.39 is 5.54 Å². The summed E-state index contributed by atoms with van der Waals surface area (Å²) in [5, 5.41) is 12.6. The molecule has 1 aromatic carbocycles. The molecule has 102 valence electrons. The molecule has 0 aliphatic heterocycles. The summed E-state index contributed by atoms with van der Waals surface area (Å²) in [5.74, 6) is 0.794. The maximum Gasteiger partial charge on any atom is 0.119 e. The van der Waals surface area contributed by atoms with Crippen LogP contribution in [-0.4, -0.2) is 37.5 Å². The number of likely N-dealkylation sites (N-methyl/N-ethyl adjacent to an activating group) is 1. The monoisotopic (exact) mass is 253 g/mol. The Bertz CT molecular complexity index is 357. The number of hydrogen-bond acceptors (Lipinski definition) is 4. The third-order valence-corrected chi connectivity index (χ3v) is 2.72. The zero-order chi connectivity index (χ0) is 13.4. The van der Waals surface area contributed by atoms with Crippen LogP contribution in [0.4, 0.5) is 0 Å². The van der Waals surface area contributed by atoms with Crippen molar-refractivity contribution in [2.75, 3.05) is 26.9 Å². The highest BCUT2D eigenvalue weighted by Gasteiger charge is 2.22. The molecule has 1 rings (SSSR count). The number of benzene rings is 1. The van der Waals surface area contributed by atoms with E-state index in [2.05, 4.69) is 5.32 Å². The summed E-state index contributed by atoms with van der Waals surface area (Å²) >= 11 is 0. The molecule has 0 amide bonds. The molecule has 0 aliphatic rings. The van der Waals surface area contributed by atoms with Crippen LogP contribution >= 0.6 is 0 Å². The summed E-state index contributed by atoms with van der Waals surface area (Å²) in [4.78, 5) is 0. The second-order valence-corrected chi connectivity index (χ2v) is 4.62. The van der Waals surface area contributed by atoms with Crippen molar-refractivity contribution in [3.05, 3.63) is 29.8 Å². The van der Waals surface area contributed by atoms with Crippen LogP contribution in [0.2, 0.25) is 0 Å². The normalized spacial score (nSPS) is 14.2. The SMILES string of the molecule is CCNC(C)(CO)COc1cccc(COC)c1. The van der Waals surface area contributed by atoms with Gasteiger partial charge in [-0.05, 0) is 31.2 Å². The second kappa shape index (κ2) is 7.36. The van der Waals surface area contributed by atoms with Crippen molar-refractivity contribution in [3.63, 3.8) is 0 Å². The van der Waals surface area contributed by atoms with Gasteiger partial charge in [-0.1, -0.05) is 19.1 Å². The molecule has 0 heterocycles. The fraction of sp³-hybridized carbons (Fsp3) is 0.571. The topological polar surface area (TPSA) is 50.7 Å².